The van der Waals surface area contributed by atoms with Crippen LogP contribution < -0.4 is 5.32 Å². The maximum absolute atomic E-state index is 12.6. The number of nitrogens with zero attached hydrogens (tertiary/aromatic N) is 1. The summed E-state index contributed by atoms with van der Waals surface area (Å²) < 4.78 is 36.1. The molecule has 0 bridgehead atoms. The first-order valence-electron chi connectivity index (χ1n) is 9.29. The highest BCUT2D eigenvalue weighted by Crippen LogP contribution is 2.38. The molecule has 0 unspecified atom stereocenters. The number of para-hydroxylation sites is 1. The maximum atomic E-state index is 12.6. The van der Waals surface area contributed by atoms with Gasteiger partial charge in [0.25, 0.3) is 0 Å². The lowest BCUT2D eigenvalue weighted by Gasteiger charge is -2.22. The summed E-state index contributed by atoms with van der Waals surface area (Å²) in [5.41, 5.74) is 0.466. The summed E-state index contributed by atoms with van der Waals surface area (Å²) in [6, 6.07) is 5.75. The number of hydrogen-bond acceptors (Lipinski definition) is 7. The van der Waals surface area contributed by atoms with Gasteiger partial charge in [-0.1, -0.05) is 18.2 Å². The van der Waals surface area contributed by atoms with Gasteiger partial charge >= 0.3 is 11.9 Å². The molecule has 0 aliphatic carbocycles. The van der Waals surface area contributed by atoms with Gasteiger partial charge < -0.3 is 9.47 Å². The van der Waals surface area contributed by atoms with E-state index < -0.39 is 45.6 Å². The first kappa shape index (κ1) is 21.3. The number of carbonyl (C=O) groups excluding carboxylic acids is 2. The van der Waals surface area contributed by atoms with Crippen LogP contribution in [0.15, 0.2) is 30.5 Å². The molecule has 158 valence electrons. The molecule has 8 nitrogen and oxygen atoms in total. The van der Waals surface area contributed by atoms with Gasteiger partial charge in [-0.25, -0.2) is 12.4 Å². The van der Waals surface area contributed by atoms with E-state index in [1.165, 1.54) is 17.3 Å². The monoisotopic (exact) mass is 422 g/mol. The standard InChI is InChI=1S/C20H26N2O6S/c1-20(2,3)28-19(24)15-10-13(18(23)27-4)17(21-15)14-11-22(29(5,25)26)16-9-7-6-8-12(14)16/h6-9,11,13,15,17,21H,10H2,1-5H3/t13-,15-,17+/m0/s1. The number of hydrogen-bond donors (Lipinski definition) is 1. The van der Waals surface area contributed by atoms with E-state index in [9.17, 15) is 18.0 Å². The zero-order valence-electron chi connectivity index (χ0n) is 17.1. The normalized spacial score (nSPS) is 22.6. The van der Waals surface area contributed by atoms with Crippen molar-refractivity contribution in [3.63, 3.8) is 0 Å². The molecule has 29 heavy (non-hydrogen) atoms. The summed E-state index contributed by atoms with van der Waals surface area (Å²) in [7, 11) is -2.26. The van der Waals surface area contributed by atoms with Crippen LogP contribution in [0, 0.1) is 5.92 Å². The lowest BCUT2D eigenvalue weighted by atomic mass is 9.93. The molecular formula is C20H26N2O6S. The average molecular weight is 423 g/mol. The fourth-order valence-electron chi connectivity index (χ4n) is 3.72. The first-order valence-corrected chi connectivity index (χ1v) is 11.1. The zero-order chi connectivity index (χ0) is 21.6. The largest absolute Gasteiger partial charge is 0.469 e. The van der Waals surface area contributed by atoms with Crippen molar-refractivity contribution in [1.82, 2.24) is 9.29 Å². The van der Waals surface area contributed by atoms with Crippen molar-refractivity contribution in [3.8, 4) is 0 Å². The van der Waals surface area contributed by atoms with Gasteiger partial charge in [0, 0.05) is 17.6 Å². The molecule has 3 atom stereocenters. The smallest absolute Gasteiger partial charge is 0.323 e. The minimum absolute atomic E-state index is 0.199. The van der Waals surface area contributed by atoms with Crippen molar-refractivity contribution in [1.29, 1.82) is 0 Å². The summed E-state index contributed by atoms with van der Waals surface area (Å²) in [6.07, 6.45) is 2.82. The summed E-state index contributed by atoms with van der Waals surface area (Å²) >= 11 is 0. The molecular weight excluding hydrogens is 396 g/mol. The second-order valence-electron chi connectivity index (χ2n) is 8.26. The van der Waals surface area contributed by atoms with Crippen molar-refractivity contribution in [2.45, 2.75) is 44.9 Å². The van der Waals surface area contributed by atoms with Gasteiger partial charge in [-0.3, -0.25) is 14.9 Å². The molecule has 1 N–H and O–H groups in total. The van der Waals surface area contributed by atoms with E-state index in [4.69, 9.17) is 9.47 Å². The fourth-order valence-corrected chi connectivity index (χ4v) is 4.54. The van der Waals surface area contributed by atoms with Crippen LogP contribution in [0.3, 0.4) is 0 Å². The van der Waals surface area contributed by atoms with Gasteiger partial charge in [-0.05, 0) is 38.8 Å². The molecule has 0 radical (unpaired) electrons. The molecule has 1 saturated heterocycles. The molecule has 2 aromatic rings. The number of esters is 2. The molecule has 1 aromatic heterocycles. The highest BCUT2D eigenvalue weighted by molar-refractivity contribution is 7.89. The lowest BCUT2D eigenvalue weighted by Crippen LogP contribution is -2.38. The van der Waals surface area contributed by atoms with Gasteiger partial charge in [0.2, 0.25) is 10.0 Å². The molecule has 1 aromatic carbocycles. The van der Waals surface area contributed by atoms with Crippen molar-refractivity contribution in [3.05, 3.63) is 36.0 Å². The summed E-state index contributed by atoms with van der Waals surface area (Å²) in [4.78, 5) is 25.0. The summed E-state index contributed by atoms with van der Waals surface area (Å²) in [6.45, 7) is 5.32. The molecule has 3 rings (SSSR count). The van der Waals surface area contributed by atoms with E-state index >= 15 is 0 Å². The van der Waals surface area contributed by atoms with Gasteiger partial charge in [-0.2, -0.15) is 0 Å². The number of fused-ring (bicyclic) bond motifs is 1. The molecule has 0 spiro atoms. The second-order valence-corrected chi connectivity index (χ2v) is 10.1. The zero-order valence-corrected chi connectivity index (χ0v) is 17.9. The van der Waals surface area contributed by atoms with Crippen molar-refractivity contribution in [2.75, 3.05) is 13.4 Å². The topological polar surface area (TPSA) is 104 Å². The Labute approximate surface area is 170 Å². The van der Waals surface area contributed by atoms with Gasteiger partial charge in [0.1, 0.15) is 11.6 Å². The van der Waals surface area contributed by atoms with Crippen LogP contribution in [0.1, 0.15) is 38.8 Å². The Morgan fingerprint density at radius 2 is 1.83 bits per heavy atom. The van der Waals surface area contributed by atoms with Gasteiger partial charge in [0.05, 0.1) is 24.8 Å². The fraction of sp³-hybridized carbons (Fsp3) is 0.500. The molecule has 1 aliphatic heterocycles. The van der Waals surface area contributed by atoms with E-state index in [0.717, 1.165) is 6.26 Å². The predicted molar refractivity (Wildman–Crippen MR) is 108 cm³/mol. The molecule has 0 saturated carbocycles. The third-order valence-electron chi connectivity index (χ3n) is 4.87. The second kappa shape index (κ2) is 7.46. The Bertz CT molecular complexity index is 1050. The predicted octanol–water partition coefficient (Wildman–Crippen LogP) is 1.98. The number of benzene rings is 1. The molecule has 0 amide bonds. The Kier molecular flexibility index (Phi) is 5.48. The van der Waals surface area contributed by atoms with E-state index in [1.54, 1.807) is 45.0 Å². The minimum Gasteiger partial charge on any atom is -0.469 e. The third-order valence-corrected chi connectivity index (χ3v) is 5.89. The molecule has 9 heteroatoms. The van der Waals surface area contributed by atoms with E-state index in [-0.39, 0.29) is 6.42 Å². The van der Waals surface area contributed by atoms with Crippen LogP contribution in [0.2, 0.25) is 0 Å². The molecule has 1 fully saturated rings. The molecule has 2 heterocycles. The first-order chi connectivity index (χ1) is 13.4. The highest BCUT2D eigenvalue weighted by atomic mass is 32.2. The van der Waals surface area contributed by atoms with Crippen LogP contribution in [-0.4, -0.2) is 49.3 Å². The van der Waals surface area contributed by atoms with Crippen LogP contribution in [0.4, 0.5) is 0 Å². The number of carbonyl (C=O) groups is 2. The average Bonchev–Trinajstić information content (AvgIpc) is 3.21. The SMILES string of the molecule is COC(=O)[C@H]1C[C@@H](C(=O)OC(C)(C)C)N[C@H]1c1cn(S(C)(=O)=O)c2ccccc12. The molecule has 1 aliphatic rings. The number of methoxy groups -OCH3 is 1. The van der Waals surface area contributed by atoms with Crippen LogP contribution >= 0.6 is 0 Å². The van der Waals surface area contributed by atoms with E-state index in [1.807, 2.05) is 0 Å². The number of nitrogens with one attached hydrogen (secondary N) is 1. The van der Waals surface area contributed by atoms with E-state index in [0.29, 0.717) is 16.5 Å². The van der Waals surface area contributed by atoms with Crippen LogP contribution in [0.25, 0.3) is 10.9 Å². The minimum atomic E-state index is -3.55. The third kappa shape index (κ3) is 4.30. The van der Waals surface area contributed by atoms with Gasteiger partial charge in [0.15, 0.2) is 0 Å². The quantitative estimate of drug-likeness (QED) is 0.752. The van der Waals surface area contributed by atoms with Crippen molar-refractivity contribution in [2.24, 2.45) is 5.92 Å². The summed E-state index contributed by atoms with van der Waals surface area (Å²) in [5.74, 6) is -1.58. The number of ether oxygens (including phenoxy) is 2. The van der Waals surface area contributed by atoms with E-state index in [2.05, 4.69) is 5.32 Å². The van der Waals surface area contributed by atoms with Crippen molar-refractivity contribution >= 4 is 32.9 Å². The Morgan fingerprint density at radius 1 is 1.17 bits per heavy atom. The Hall–Kier alpha value is -2.39. The Morgan fingerprint density at radius 3 is 2.41 bits per heavy atom. The van der Waals surface area contributed by atoms with Crippen molar-refractivity contribution < 1.29 is 27.5 Å². The Balaban J connectivity index is 2.06. The maximum Gasteiger partial charge on any atom is 0.323 e. The number of aromatic nitrogens is 1. The van der Waals surface area contributed by atoms with Gasteiger partial charge in [-0.15, -0.1) is 0 Å². The summed E-state index contributed by atoms with van der Waals surface area (Å²) in [5, 5.41) is 3.86. The lowest BCUT2D eigenvalue weighted by molar-refractivity contribution is -0.157. The van der Waals surface area contributed by atoms with Crippen LogP contribution in [-0.2, 0) is 29.1 Å². The number of rotatable bonds is 4. The highest BCUT2D eigenvalue weighted by Gasteiger charge is 2.45. The van der Waals surface area contributed by atoms with Crippen LogP contribution in [0.5, 0.6) is 0 Å².